The Labute approximate surface area is 254 Å². The third-order valence-corrected chi connectivity index (χ3v) is 8.48. The van der Waals surface area contributed by atoms with E-state index in [2.05, 4.69) is 32.1 Å². The molecule has 2 aliphatic rings. The summed E-state index contributed by atoms with van der Waals surface area (Å²) >= 11 is 0. The first kappa shape index (κ1) is 32.0. The number of rotatable bonds is 11. The lowest BCUT2D eigenvalue weighted by Crippen LogP contribution is -2.58. The molecule has 1 saturated carbocycles. The maximum absolute atomic E-state index is 14.2. The predicted octanol–water partition coefficient (Wildman–Crippen LogP) is 4.72. The minimum Gasteiger partial charge on any atom is -0.364 e. The lowest BCUT2D eigenvalue weighted by molar-refractivity contribution is -0.127. The maximum Gasteiger partial charge on any atom is 0.316 e. The Morgan fingerprint density at radius 2 is 1.81 bits per heavy atom. The van der Waals surface area contributed by atoms with Gasteiger partial charge in [-0.1, -0.05) is 71.2 Å². The van der Waals surface area contributed by atoms with Crippen LogP contribution < -0.4 is 20.4 Å². The number of aromatic nitrogens is 2. The molecule has 3 amide bonds. The van der Waals surface area contributed by atoms with Crippen LogP contribution in [0.25, 0.3) is 0 Å². The summed E-state index contributed by atoms with van der Waals surface area (Å²) in [6.07, 6.45) is 9.53. The van der Waals surface area contributed by atoms with Crippen LogP contribution in [-0.4, -0.2) is 64.7 Å². The molecule has 10 nitrogen and oxygen atoms in total. The molecule has 1 aromatic carbocycles. The lowest BCUT2D eigenvalue weighted by Gasteiger charge is -2.37. The number of urea groups is 1. The number of ketones is 2. The number of allylic oxidation sites excluding steroid dienone is 1. The summed E-state index contributed by atoms with van der Waals surface area (Å²) in [4.78, 5) is 65.0. The number of Topliss-reactive ketones (excluding diaryl/α,β-unsaturated/α-hetero) is 2. The van der Waals surface area contributed by atoms with Gasteiger partial charge >= 0.3 is 6.03 Å². The summed E-state index contributed by atoms with van der Waals surface area (Å²) in [6, 6.07) is 5.51. The van der Waals surface area contributed by atoms with Gasteiger partial charge in [0.25, 0.3) is 5.91 Å². The van der Waals surface area contributed by atoms with E-state index in [-0.39, 0.29) is 49.4 Å². The van der Waals surface area contributed by atoms with Crippen LogP contribution in [0.4, 0.5) is 16.2 Å². The van der Waals surface area contributed by atoms with Crippen LogP contribution in [-0.2, 0) is 20.8 Å². The average Bonchev–Trinajstić information content (AvgIpc) is 3.47. The normalized spacial score (nSPS) is 18.4. The van der Waals surface area contributed by atoms with E-state index < -0.39 is 23.5 Å². The fourth-order valence-corrected chi connectivity index (χ4v) is 5.72. The number of nitrogens with one attached hydrogen (secondary N) is 3. The van der Waals surface area contributed by atoms with E-state index in [4.69, 9.17) is 0 Å². The van der Waals surface area contributed by atoms with Crippen molar-refractivity contribution in [2.75, 3.05) is 22.9 Å². The van der Waals surface area contributed by atoms with Crippen molar-refractivity contribution in [2.24, 2.45) is 5.41 Å². The van der Waals surface area contributed by atoms with Crippen LogP contribution in [0.3, 0.4) is 0 Å². The summed E-state index contributed by atoms with van der Waals surface area (Å²) in [6.45, 7) is 11.6. The average molecular weight is 591 g/mol. The summed E-state index contributed by atoms with van der Waals surface area (Å²) < 4.78 is 0. The van der Waals surface area contributed by atoms with Gasteiger partial charge in [-0.15, -0.1) is 0 Å². The number of para-hydroxylation sites is 2. The molecule has 1 aromatic heterocycles. The number of imidazole rings is 1. The molecule has 0 saturated heterocycles. The molecule has 3 N–H and O–H groups in total. The molecule has 1 unspecified atom stereocenters. The van der Waals surface area contributed by atoms with Gasteiger partial charge in [-0.05, 0) is 31.4 Å². The van der Waals surface area contributed by atoms with Crippen molar-refractivity contribution in [3.05, 3.63) is 54.6 Å². The second kappa shape index (κ2) is 14.0. The Kier molecular flexibility index (Phi) is 10.4. The smallest absolute Gasteiger partial charge is 0.316 e. The van der Waals surface area contributed by atoms with Gasteiger partial charge < -0.3 is 25.4 Å². The highest BCUT2D eigenvalue weighted by Crippen LogP contribution is 2.37. The second-order valence-corrected chi connectivity index (χ2v) is 12.8. The molecule has 1 fully saturated rings. The van der Waals surface area contributed by atoms with E-state index in [1.165, 1.54) is 17.6 Å². The van der Waals surface area contributed by atoms with Crippen molar-refractivity contribution in [3.8, 4) is 0 Å². The van der Waals surface area contributed by atoms with Crippen LogP contribution in [0.2, 0.25) is 0 Å². The van der Waals surface area contributed by atoms with E-state index in [0.29, 0.717) is 17.8 Å². The number of hydrogen-bond acceptors (Lipinski definition) is 6. The molecule has 0 radical (unpaired) electrons. The van der Waals surface area contributed by atoms with Gasteiger partial charge in [-0.2, -0.15) is 0 Å². The first-order valence-electron chi connectivity index (χ1n) is 15.4. The molecule has 232 valence electrons. The highest BCUT2D eigenvalue weighted by Gasteiger charge is 2.39. The number of benzene rings is 1. The number of fused-ring (bicyclic) bond motifs is 1. The molecule has 0 spiro atoms. The molecule has 2 aromatic rings. The van der Waals surface area contributed by atoms with Crippen molar-refractivity contribution in [1.29, 1.82) is 0 Å². The minimum absolute atomic E-state index is 0.0775. The highest BCUT2D eigenvalue weighted by molar-refractivity contribution is 6.07. The summed E-state index contributed by atoms with van der Waals surface area (Å²) in [7, 11) is 0. The van der Waals surface area contributed by atoms with Crippen LogP contribution in [0.15, 0.2) is 48.9 Å². The molecule has 2 atom stereocenters. The third kappa shape index (κ3) is 8.12. The molecule has 10 heteroatoms. The molecule has 1 aliphatic heterocycles. The maximum atomic E-state index is 14.2. The zero-order chi connectivity index (χ0) is 31.1. The fourth-order valence-electron chi connectivity index (χ4n) is 5.72. The second-order valence-electron chi connectivity index (χ2n) is 12.8. The van der Waals surface area contributed by atoms with Gasteiger partial charge in [-0.3, -0.25) is 14.4 Å². The monoisotopic (exact) mass is 590 g/mol. The molecule has 43 heavy (non-hydrogen) atoms. The topological polar surface area (TPSA) is 127 Å². The first-order chi connectivity index (χ1) is 20.5. The van der Waals surface area contributed by atoms with Crippen molar-refractivity contribution in [3.63, 3.8) is 0 Å². The number of anilines is 2. The molecule has 4 rings (SSSR count). The number of carbonyl (C=O) groups is 4. The van der Waals surface area contributed by atoms with Crippen LogP contribution in [0.1, 0.15) is 78.3 Å². The zero-order valence-electron chi connectivity index (χ0n) is 25.9. The Hall–Kier alpha value is -3.95. The van der Waals surface area contributed by atoms with Gasteiger partial charge in [0.2, 0.25) is 0 Å². The van der Waals surface area contributed by atoms with Gasteiger partial charge in [-0.25, -0.2) is 9.78 Å². The summed E-state index contributed by atoms with van der Waals surface area (Å²) in [5.41, 5.74) is 2.40. The zero-order valence-corrected chi connectivity index (χ0v) is 25.9. The van der Waals surface area contributed by atoms with Gasteiger partial charge in [0.05, 0.1) is 30.3 Å². The minimum atomic E-state index is -0.935. The molecule has 2 heterocycles. The molecule has 1 aliphatic carbocycles. The highest BCUT2D eigenvalue weighted by atomic mass is 16.2. The largest absolute Gasteiger partial charge is 0.364 e. The number of carbonyl (C=O) groups excluding carboxylic acids is 4. The third-order valence-electron chi connectivity index (χ3n) is 8.48. The fraction of sp³-hybridized carbons (Fsp3) is 0.545. The van der Waals surface area contributed by atoms with Crippen LogP contribution in [0.5, 0.6) is 0 Å². The Bertz CT molecular complexity index is 1310. The van der Waals surface area contributed by atoms with Gasteiger partial charge in [0, 0.05) is 42.7 Å². The van der Waals surface area contributed by atoms with Gasteiger partial charge in [0.1, 0.15) is 6.04 Å². The Balaban J connectivity index is 1.62. The Morgan fingerprint density at radius 3 is 2.44 bits per heavy atom. The van der Waals surface area contributed by atoms with Crippen molar-refractivity contribution in [2.45, 2.75) is 97.2 Å². The first-order valence-corrected chi connectivity index (χ1v) is 15.4. The number of amides is 3. The lowest BCUT2D eigenvalue weighted by atomic mass is 9.90. The number of H-pyrrole nitrogens is 1. The summed E-state index contributed by atoms with van der Waals surface area (Å²) in [5.74, 6) is -0.599. The standard InChI is InChI=1S/C33H46N6O4/c1-6-22(2)16-29(40)25(17-23-18-34-21-35-23)36-32(43)37-26-19-38(24-12-8-7-9-13-24)27-14-10-11-15-28(27)39(31(26)42)20-30(41)33(3,4)5/h10-11,14-15,18,21,24-26H,2,6-9,12-13,16-17,19-20H2,1,3-5H3,(H,34,35)(H2,36,37,43)/t25?,26-/m1/s1. The van der Waals surface area contributed by atoms with Gasteiger partial charge in [0.15, 0.2) is 11.6 Å². The van der Waals surface area contributed by atoms with E-state index >= 15 is 0 Å². The van der Waals surface area contributed by atoms with E-state index in [9.17, 15) is 19.2 Å². The van der Waals surface area contributed by atoms with Crippen molar-refractivity contribution < 1.29 is 19.2 Å². The van der Waals surface area contributed by atoms with Crippen LogP contribution in [0, 0.1) is 5.41 Å². The quantitative estimate of drug-likeness (QED) is 0.325. The SMILES string of the molecule is C=C(CC)CC(=O)C(Cc1cnc[nH]1)NC(=O)N[C@@H]1CN(C2CCCCC2)c2ccccc2N(CC(=O)C(C)(C)C)C1=O. The number of hydrogen-bond donors (Lipinski definition) is 3. The Morgan fingerprint density at radius 1 is 1.12 bits per heavy atom. The van der Waals surface area contributed by atoms with Crippen molar-refractivity contribution >= 4 is 34.9 Å². The van der Waals surface area contributed by atoms with E-state index in [1.54, 1.807) is 6.20 Å². The molecular formula is C33H46N6O4. The molecule has 0 bridgehead atoms. The summed E-state index contributed by atoms with van der Waals surface area (Å²) in [5, 5.41) is 5.72. The molecular weight excluding hydrogens is 544 g/mol. The van der Waals surface area contributed by atoms with Crippen molar-refractivity contribution in [1.82, 2.24) is 20.6 Å². The predicted molar refractivity (Wildman–Crippen MR) is 168 cm³/mol. The van der Waals surface area contributed by atoms with E-state index in [0.717, 1.165) is 36.9 Å². The number of aromatic amines is 1. The van der Waals surface area contributed by atoms with E-state index in [1.807, 2.05) is 52.0 Å². The number of nitrogens with zero attached hydrogens (tertiary/aromatic N) is 3. The van der Waals surface area contributed by atoms with Crippen LogP contribution >= 0.6 is 0 Å².